The fraction of sp³-hybridized carbons (Fsp3) is 0.118. The maximum Gasteiger partial charge on any atom is 0.349 e. The molecule has 0 saturated carbocycles. The Kier molecular flexibility index (Phi) is 6.53. The summed E-state index contributed by atoms with van der Waals surface area (Å²) in [6.45, 7) is -0.275. The number of carbonyl (C=O) groups is 1. The van der Waals surface area contributed by atoms with Crippen LogP contribution in [-0.2, 0) is 4.79 Å². The van der Waals surface area contributed by atoms with Gasteiger partial charge in [-0.2, -0.15) is 0 Å². The molecule has 0 fully saturated rings. The van der Waals surface area contributed by atoms with Crippen molar-refractivity contribution in [2.24, 2.45) is 0 Å². The zero-order chi connectivity index (χ0) is 18.2. The van der Waals surface area contributed by atoms with Crippen LogP contribution in [0.4, 0.5) is 0 Å². The third-order valence-electron chi connectivity index (χ3n) is 2.96. The average molecular weight is 408 g/mol. The van der Waals surface area contributed by atoms with Crippen molar-refractivity contribution in [2.45, 2.75) is 0 Å². The second-order valence-corrected chi connectivity index (χ2v) is 5.57. The van der Waals surface area contributed by atoms with Crippen LogP contribution >= 0.6 is 15.9 Å². The molecule has 25 heavy (non-hydrogen) atoms. The maximum atomic E-state index is 12.0. The van der Waals surface area contributed by atoms with Gasteiger partial charge in [-0.25, -0.2) is 4.79 Å². The van der Waals surface area contributed by atoms with Crippen LogP contribution in [0.15, 0.2) is 53.1 Å². The summed E-state index contributed by atoms with van der Waals surface area (Å²) >= 11 is 3.27. The topological polar surface area (TPSA) is 87.9 Å². The molecular formula is C17H14BrNO6. The van der Waals surface area contributed by atoms with Crippen molar-refractivity contribution in [3.05, 3.63) is 68.8 Å². The van der Waals surface area contributed by atoms with E-state index >= 15 is 0 Å². The largest absolute Gasteiger partial charge is 0.493 e. The van der Waals surface area contributed by atoms with E-state index < -0.39 is 10.9 Å². The van der Waals surface area contributed by atoms with Gasteiger partial charge in [-0.05, 0) is 45.8 Å². The number of hydrogen-bond donors (Lipinski definition) is 0. The Balaban J connectivity index is 2.10. The second kappa shape index (κ2) is 8.84. The molecule has 0 amide bonds. The molecule has 0 N–H and O–H groups in total. The van der Waals surface area contributed by atoms with Gasteiger partial charge in [-0.3, -0.25) is 10.1 Å². The summed E-state index contributed by atoms with van der Waals surface area (Å²) in [4.78, 5) is 21.8. The van der Waals surface area contributed by atoms with Gasteiger partial charge in [0.2, 0.25) is 6.20 Å². The molecule has 0 atom stereocenters. The van der Waals surface area contributed by atoms with Crippen molar-refractivity contribution in [3.8, 4) is 17.2 Å². The van der Waals surface area contributed by atoms with Gasteiger partial charge in [-0.1, -0.05) is 18.2 Å². The quantitative estimate of drug-likeness (QED) is 0.301. The normalized spacial score (nSPS) is 10.5. The molecule has 2 rings (SSSR count). The van der Waals surface area contributed by atoms with E-state index in [-0.39, 0.29) is 18.1 Å². The number of halogens is 1. The molecule has 0 unspecified atom stereocenters. The maximum absolute atomic E-state index is 12.0. The van der Waals surface area contributed by atoms with Crippen LogP contribution < -0.4 is 14.2 Å². The minimum absolute atomic E-state index is 0.169. The van der Waals surface area contributed by atoms with Gasteiger partial charge in [0.15, 0.2) is 18.1 Å². The highest BCUT2D eigenvalue weighted by atomic mass is 79.9. The fourth-order valence-electron chi connectivity index (χ4n) is 1.88. The van der Waals surface area contributed by atoms with Gasteiger partial charge >= 0.3 is 5.97 Å². The summed E-state index contributed by atoms with van der Waals surface area (Å²) in [6, 6.07) is 12.0. The molecule has 0 spiro atoms. The van der Waals surface area contributed by atoms with E-state index in [1.807, 2.05) is 6.07 Å². The summed E-state index contributed by atoms with van der Waals surface area (Å²) in [7, 11) is 1.40. The van der Waals surface area contributed by atoms with E-state index in [4.69, 9.17) is 14.2 Å². The highest BCUT2D eigenvalue weighted by Gasteiger charge is 2.16. The zero-order valence-electron chi connectivity index (χ0n) is 13.2. The fourth-order valence-corrected chi connectivity index (χ4v) is 2.42. The second-order valence-electron chi connectivity index (χ2n) is 4.71. The van der Waals surface area contributed by atoms with Gasteiger partial charge in [0.05, 0.1) is 16.5 Å². The summed E-state index contributed by atoms with van der Waals surface area (Å²) in [5, 5.41) is 10.4. The first kappa shape index (κ1) is 18.5. The van der Waals surface area contributed by atoms with E-state index in [0.29, 0.717) is 15.8 Å². The van der Waals surface area contributed by atoms with Crippen LogP contribution in [-0.4, -0.2) is 24.6 Å². The lowest BCUT2D eigenvalue weighted by atomic mass is 10.2. The minimum Gasteiger partial charge on any atom is -0.493 e. The van der Waals surface area contributed by atoms with Crippen LogP contribution in [0.25, 0.3) is 6.08 Å². The molecule has 8 heteroatoms. The van der Waals surface area contributed by atoms with Crippen molar-refractivity contribution in [3.63, 3.8) is 0 Å². The molecule has 0 aromatic heterocycles. The number of rotatable bonds is 7. The van der Waals surface area contributed by atoms with Crippen molar-refractivity contribution in [1.29, 1.82) is 0 Å². The lowest BCUT2D eigenvalue weighted by molar-refractivity contribution is -0.400. The predicted molar refractivity (Wildman–Crippen MR) is 94.3 cm³/mol. The molecular weight excluding hydrogens is 394 g/mol. The zero-order valence-corrected chi connectivity index (χ0v) is 14.8. The van der Waals surface area contributed by atoms with E-state index in [1.165, 1.54) is 19.3 Å². The van der Waals surface area contributed by atoms with E-state index in [2.05, 4.69) is 15.9 Å². The molecule has 0 aliphatic carbocycles. The van der Waals surface area contributed by atoms with Gasteiger partial charge < -0.3 is 14.2 Å². The molecule has 2 aromatic rings. The number of esters is 1. The number of ether oxygens (including phenoxy) is 3. The van der Waals surface area contributed by atoms with Crippen LogP contribution in [0.2, 0.25) is 0 Å². The number of methoxy groups -OCH3 is 1. The van der Waals surface area contributed by atoms with Crippen molar-refractivity contribution in [1.82, 2.24) is 0 Å². The Hall–Kier alpha value is -2.87. The third-order valence-corrected chi connectivity index (χ3v) is 3.55. The standard InChI is InChI=1S/C17H14BrNO6/c1-23-15-10-12(7-8-19(21)22)9-14(18)17(15)25-16(20)11-24-13-5-3-2-4-6-13/h2-10H,11H2,1H3. The summed E-state index contributed by atoms with van der Waals surface area (Å²) < 4.78 is 16.2. The summed E-state index contributed by atoms with van der Waals surface area (Å²) in [6.07, 6.45) is 2.11. The van der Waals surface area contributed by atoms with Gasteiger partial charge in [0, 0.05) is 6.08 Å². The number of benzene rings is 2. The highest BCUT2D eigenvalue weighted by molar-refractivity contribution is 9.10. The average Bonchev–Trinajstić information content (AvgIpc) is 2.60. The SMILES string of the molecule is COc1cc(C=C[N+](=O)[O-])cc(Br)c1OC(=O)COc1ccccc1. The minimum atomic E-state index is -0.614. The molecule has 7 nitrogen and oxygen atoms in total. The Labute approximate surface area is 152 Å². The molecule has 0 aliphatic rings. The molecule has 0 heterocycles. The van der Waals surface area contributed by atoms with Crippen LogP contribution in [0.5, 0.6) is 17.2 Å². The number of nitro groups is 1. The Morgan fingerprint density at radius 2 is 2.00 bits per heavy atom. The Bertz CT molecular complexity index is 791. The monoisotopic (exact) mass is 407 g/mol. The van der Waals surface area contributed by atoms with E-state index in [0.717, 1.165) is 6.20 Å². The number of carbonyl (C=O) groups excluding carboxylic acids is 1. The lowest BCUT2D eigenvalue weighted by Crippen LogP contribution is -2.18. The van der Waals surface area contributed by atoms with Crippen LogP contribution in [0.1, 0.15) is 5.56 Å². The molecule has 0 saturated heterocycles. The van der Waals surface area contributed by atoms with Crippen molar-refractivity contribution < 1.29 is 23.9 Å². The first-order valence-electron chi connectivity index (χ1n) is 7.07. The Morgan fingerprint density at radius 3 is 2.64 bits per heavy atom. The highest BCUT2D eigenvalue weighted by Crippen LogP contribution is 2.37. The van der Waals surface area contributed by atoms with E-state index in [9.17, 15) is 14.9 Å². The first-order valence-corrected chi connectivity index (χ1v) is 7.86. The van der Waals surface area contributed by atoms with Gasteiger partial charge in [-0.15, -0.1) is 0 Å². The molecule has 0 aliphatic heterocycles. The van der Waals surface area contributed by atoms with Crippen LogP contribution in [0, 0.1) is 10.1 Å². The first-order chi connectivity index (χ1) is 12.0. The smallest absolute Gasteiger partial charge is 0.349 e. The molecule has 2 aromatic carbocycles. The Morgan fingerprint density at radius 1 is 1.28 bits per heavy atom. The number of para-hydroxylation sites is 1. The van der Waals surface area contributed by atoms with Gasteiger partial charge in [0.25, 0.3) is 0 Å². The third kappa shape index (κ3) is 5.61. The summed E-state index contributed by atoms with van der Waals surface area (Å²) in [5.74, 6) is 0.357. The summed E-state index contributed by atoms with van der Waals surface area (Å²) in [5.41, 5.74) is 0.515. The number of nitrogens with zero attached hydrogens (tertiary/aromatic N) is 1. The molecule has 0 radical (unpaired) electrons. The van der Waals surface area contributed by atoms with Crippen molar-refractivity contribution in [2.75, 3.05) is 13.7 Å². The predicted octanol–water partition coefficient (Wildman–Crippen LogP) is 3.69. The van der Waals surface area contributed by atoms with Crippen LogP contribution in [0.3, 0.4) is 0 Å². The molecule has 0 bridgehead atoms. The number of hydrogen-bond acceptors (Lipinski definition) is 6. The van der Waals surface area contributed by atoms with Crippen molar-refractivity contribution >= 4 is 28.0 Å². The van der Waals surface area contributed by atoms with E-state index in [1.54, 1.807) is 30.3 Å². The lowest BCUT2D eigenvalue weighted by Gasteiger charge is -2.12. The molecule has 130 valence electrons. The van der Waals surface area contributed by atoms with Gasteiger partial charge in [0.1, 0.15) is 5.75 Å².